The highest BCUT2D eigenvalue weighted by atomic mass is 32.1. The van der Waals surface area contributed by atoms with Gasteiger partial charge in [-0.2, -0.15) is 12.6 Å². The van der Waals surface area contributed by atoms with Crippen molar-refractivity contribution in [3.63, 3.8) is 0 Å². The molecule has 5 saturated heterocycles. The largest absolute Gasteiger partial charge is 0.472 e. The molecule has 1 saturated carbocycles. The number of phosphoric acid groups is 2. The summed E-state index contributed by atoms with van der Waals surface area (Å²) in [6, 6.07) is -3.63. The first-order chi connectivity index (χ1) is 41.5. The van der Waals surface area contributed by atoms with Crippen molar-refractivity contribution in [2.24, 2.45) is 11.5 Å². The number of hydrogen-bond acceptors (Lipinski definition) is 37. The normalized spacial score (nSPS) is 45.7. The van der Waals surface area contributed by atoms with Gasteiger partial charge in [0.1, 0.15) is 153 Å². The van der Waals surface area contributed by atoms with Gasteiger partial charge in [0.25, 0.3) is 0 Å². The molecule has 39 nitrogen and oxygen atoms in total. The second-order valence-corrected chi connectivity index (χ2v) is 24.9. The lowest BCUT2D eigenvalue weighted by molar-refractivity contribution is -0.385. The van der Waals surface area contributed by atoms with Crippen molar-refractivity contribution in [3.8, 4) is 0 Å². The summed E-state index contributed by atoms with van der Waals surface area (Å²) in [6.07, 6.45) is -58.0. The summed E-state index contributed by atoms with van der Waals surface area (Å²) in [6.45, 7) is -5.22. The quantitative estimate of drug-likeness (QED) is 0.0180. The standard InChI is InChI=1S/C46H85N3O36P2S/c1-15(53)49-22-27(58)23(54)16(10-50)76-43(22)81-38-20(13-72-46-41(31(62)24(55)17(11-51)77-46)84-44-35(66)28(59)25(56)19(79-44)14-75-86(68,69)74-8-6-47)80-45(36(67)34(38)65)82-37-18(12-52)78-42(21(48)26(37)57)83-39-32(63)29(60)30(61)33(64)40(39)85-87(70,71)73-7-4-2-3-5-9-88/h16-46,50-52,54-67,88H,2-14,47-48H2,1H3,(H,49,53)(H,68,69)(H,70,71)/t16?,17?,18?,19?,20?,21?,22-,23-,24+,25+,26+,27?,28?,29?,30+,31?,32?,33-,34?,35+,36+,37+,38+,39+,40?,41+,42+,43-,44+,45+,46-/m0/s1. The Morgan fingerprint density at radius 3 is 1.52 bits per heavy atom. The molecule has 5 aliphatic heterocycles. The number of hydrogen-bond donors (Lipinski definition) is 23. The summed E-state index contributed by atoms with van der Waals surface area (Å²) in [5.41, 5.74) is 11.7. The van der Waals surface area contributed by atoms with Crippen molar-refractivity contribution in [1.82, 2.24) is 5.32 Å². The van der Waals surface area contributed by atoms with E-state index in [1.54, 1.807) is 0 Å². The van der Waals surface area contributed by atoms with E-state index in [1.165, 1.54) is 0 Å². The van der Waals surface area contributed by atoms with Gasteiger partial charge in [0, 0.05) is 13.5 Å². The predicted octanol–water partition coefficient (Wildman–Crippen LogP) is -11.9. The van der Waals surface area contributed by atoms with Gasteiger partial charge in [0.2, 0.25) is 5.91 Å². The van der Waals surface area contributed by atoms with E-state index in [2.05, 4.69) is 22.5 Å². The lowest BCUT2D eigenvalue weighted by Gasteiger charge is -2.50. The number of nitrogens with two attached hydrogens (primary N) is 2. The molecule has 24 N–H and O–H groups in total. The number of thiol groups is 1. The van der Waals surface area contributed by atoms with Gasteiger partial charge >= 0.3 is 15.6 Å². The second-order valence-electron chi connectivity index (χ2n) is 21.6. The van der Waals surface area contributed by atoms with Gasteiger partial charge in [-0.25, -0.2) is 9.13 Å². The summed E-state index contributed by atoms with van der Waals surface area (Å²) in [4.78, 5) is 33.0. The molecule has 0 aromatic carbocycles. The molecule has 88 heavy (non-hydrogen) atoms. The average molecular weight is 1350 g/mol. The predicted molar refractivity (Wildman–Crippen MR) is 283 cm³/mol. The SMILES string of the molecule is CC(=O)N[C@H]1C(O)[C@@H](O)C(CO)O[C@H]1O[C@@H]1C(CO[C@H]2OC(CO)[C@@H](O)C(O)[C@H]2O[C@H]2OC(COP(=O)(O)OCCN)[C@@H](O)C(O)[C@H]2O)O[C@H](O[C@@H]2C(CO)O[C@H](O[C@@H]3C(O)C(O)[C@@H](O)[C@H](O)C3OP(=O)(O)OCCCCCCS)C(N)[C@H]2O)[C@H](O)C1O. The molecule has 6 rings (SSSR count). The molecular formula is C46H85N3O36P2S. The van der Waals surface area contributed by atoms with Crippen LogP contribution in [0.25, 0.3) is 0 Å². The fourth-order valence-electron chi connectivity index (χ4n) is 10.4. The number of unbranched alkanes of at least 4 members (excludes halogenated alkanes) is 3. The van der Waals surface area contributed by atoms with Gasteiger partial charge < -0.3 is 161 Å². The van der Waals surface area contributed by atoms with Gasteiger partial charge in [-0.1, -0.05) is 12.8 Å². The first-order valence-corrected chi connectivity index (χ1v) is 31.6. The van der Waals surface area contributed by atoms with E-state index in [1.807, 2.05) is 0 Å². The minimum Gasteiger partial charge on any atom is -0.394 e. The second kappa shape index (κ2) is 34.0. The third-order valence-electron chi connectivity index (χ3n) is 15.3. The van der Waals surface area contributed by atoms with Crippen LogP contribution in [-0.4, -0.2) is 351 Å². The van der Waals surface area contributed by atoms with Crippen molar-refractivity contribution in [2.75, 3.05) is 58.5 Å². The van der Waals surface area contributed by atoms with Crippen molar-refractivity contribution < 1.29 is 176 Å². The molecule has 42 heteroatoms. The van der Waals surface area contributed by atoms with E-state index in [0.29, 0.717) is 18.6 Å². The molecule has 0 radical (unpaired) electrons. The van der Waals surface area contributed by atoms with Crippen LogP contribution in [0.5, 0.6) is 0 Å². The maximum Gasteiger partial charge on any atom is 0.472 e. The molecule has 516 valence electrons. The van der Waals surface area contributed by atoms with Crippen LogP contribution in [-0.2, 0) is 79.4 Å². The summed E-state index contributed by atoms with van der Waals surface area (Å²) in [5, 5.41) is 189. The Morgan fingerprint density at radius 1 is 0.466 bits per heavy atom. The smallest absolute Gasteiger partial charge is 0.394 e. The molecule has 6 fully saturated rings. The summed E-state index contributed by atoms with van der Waals surface area (Å²) < 4.78 is 104. The third kappa shape index (κ3) is 18.7. The molecular weight excluding hydrogens is 1260 g/mol. The fraction of sp³-hybridized carbons (Fsp3) is 0.978. The van der Waals surface area contributed by atoms with Crippen LogP contribution in [0.1, 0.15) is 32.6 Å². The molecule has 0 aromatic rings. The van der Waals surface area contributed by atoms with E-state index in [0.717, 1.165) is 13.3 Å². The van der Waals surface area contributed by atoms with Gasteiger partial charge in [-0.3, -0.25) is 22.9 Å². The van der Waals surface area contributed by atoms with Crippen LogP contribution in [0.4, 0.5) is 0 Å². The zero-order chi connectivity index (χ0) is 65.3. The minimum atomic E-state index is -5.16. The molecule has 0 spiro atoms. The number of carbonyl (C=O) groups excluding carboxylic acids is 1. The average Bonchev–Trinajstić information content (AvgIpc) is 1.72. The molecule has 1 amide bonds. The first kappa shape index (κ1) is 75.9. The number of aliphatic hydroxyl groups is 17. The van der Waals surface area contributed by atoms with Gasteiger partial charge in [-0.05, 0) is 18.6 Å². The van der Waals surface area contributed by atoms with E-state index in [9.17, 15) is 111 Å². The van der Waals surface area contributed by atoms with Crippen LogP contribution in [0.15, 0.2) is 0 Å². The molecule has 1 aliphatic carbocycles. The van der Waals surface area contributed by atoms with Crippen LogP contribution in [0.2, 0.25) is 0 Å². The van der Waals surface area contributed by atoms with E-state index in [-0.39, 0.29) is 19.6 Å². The topological polar surface area (TPSA) is 629 Å². The summed E-state index contributed by atoms with van der Waals surface area (Å²) in [7, 11) is -10.0. The highest BCUT2D eigenvalue weighted by Crippen LogP contribution is 2.48. The Morgan fingerprint density at radius 2 is 0.920 bits per heavy atom. The molecule has 5 heterocycles. The Kier molecular flexibility index (Phi) is 29.3. The molecule has 6 aliphatic rings. The number of phosphoric ester groups is 2. The Hall–Kier alpha value is -1.12. The highest BCUT2D eigenvalue weighted by Gasteiger charge is 2.59. The number of amides is 1. The van der Waals surface area contributed by atoms with Crippen molar-refractivity contribution in [1.29, 1.82) is 0 Å². The fourth-order valence-corrected chi connectivity index (χ4v) is 12.3. The Balaban J connectivity index is 1.26. The summed E-state index contributed by atoms with van der Waals surface area (Å²) in [5.74, 6) is -0.235. The lowest BCUT2D eigenvalue weighted by Crippen LogP contribution is -2.70. The van der Waals surface area contributed by atoms with Gasteiger partial charge in [0.05, 0.1) is 52.3 Å². The lowest BCUT2D eigenvalue weighted by atomic mass is 9.84. The van der Waals surface area contributed by atoms with Crippen LogP contribution >= 0.6 is 28.3 Å². The van der Waals surface area contributed by atoms with E-state index >= 15 is 0 Å². The van der Waals surface area contributed by atoms with E-state index < -0.39 is 251 Å². The number of ether oxygens (including phenoxy) is 10. The Bertz CT molecular complexity index is 2220. The Labute approximate surface area is 506 Å². The van der Waals surface area contributed by atoms with E-state index in [4.69, 9.17) is 72.4 Å². The van der Waals surface area contributed by atoms with Gasteiger partial charge in [0.15, 0.2) is 31.5 Å². The van der Waals surface area contributed by atoms with Crippen LogP contribution in [0.3, 0.4) is 0 Å². The van der Waals surface area contributed by atoms with Crippen molar-refractivity contribution >= 4 is 34.2 Å². The third-order valence-corrected chi connectivity index (χ3v) is 17.6. The molecule has 33 atom stereocenters. The number of rotatable bonds is 30. The minimum absolute atomic E-state index is 0.211. The first-order valence-electron chi connectivity index (χ1n) is 27.9. The highest BCUT2D eigenvalue weighted by molar-refractivity contribution is 7.80. The zero-order valence-electron chi connectivity index (χ0n) is 47.0. The van der Waals surface area contributed by atoms with Crippen LogP contribution < -0.4 is 16.8 Å². The van der Waals surface area contributed by atoms with Crippen molar-refractivity contribution in [2.45, 2.75) is 223 Å². The van der Waals surface area contributed by atoms with Crippen LogP contribution in [0, 0.1) is 0 Å². The molecule has 0 aromatic heterocycles. The number of nitrogens with one attached hydrogen (secondary N) is 1. The maximum absolute atomic E-state index is 13.1. The molecule has 0 bridgehead atoms. The van der Waals surface area contributed by atoms with Gasteiger partial charge in [-0.15, -0.1) is 0 Å². The maximum atomic E-state index is 13.1. The zero-order valence-corrected chi connectivity index (χ0v) is 49.7. The van der Waals surface area contributed by atoms with Crippen molar-refractivity contribution in [3.05, 3.63) is 0 Å². The number of carbonyl (C=O) groups is 1. The molecule has 15 unspecified atom stereocenters. The number of aliphatic hydroxyl groups excluding tert-OH is 17. The monoisotopic (exact) mass is 1350 g/mol. The summed E-state index contributed by atoms with van der Waals surface area (Å²) >= 11 is 4.12.